The zero-order valence-electron chi connectivity index (χ0n) is 10.9. The average Bonchev–Trinajstić information content (AvgIpc) is 2.68. The molecule has 1 aliphatic rings. The number of carbonyl (C=O) groups excluding carboxylic acids is 1. The molecule has 1 saturated heterocycles. The SMILES string of the molecule is O=C(O)CCN1C(=O)/C(=C/c2cc(Br)cc(Br)c2O)SC1=S. The zero-order chi connectivity index (χ0) is 16.4. The first-order valence-corrected chi connectivity index (χ1v) is 8.76. The molecule has 1 aromatic rings. The van der Waals surface area contributed by atoms with Crippen LogP contribution in [0.4, 0.5) is 0 Å². The van der Waals surface area contributed by atoms with E-state index in [1.807, 2.05) is 0 Å². The van der Waals surface area contributed by atoms with Gasteiger partial charge in [-0.1, -0.05) is 39.9 Å². The number of halogens is 2. The van der Waals surface area contributed by atoms with E-state index in [9.17, 15) is 14.7 Å². The van der Waals surface area contributed by atoms with Crippen molar-refractivity contribution in [1.82, 2.24) is 4.90 Å². The van der Waals surface area contributed by atoms with Gasteiger partial charge in [-0.3, -0.25) is 14.5 Å². The van der Waals surface area contributed by atoms with E-state index in [1.54, 1.807) is 12.1 Å². The highest BCUT2D eigenvalue weighted by molar-refractivity contribution is 9.11. The smallest absolute Gasteiger partial charge is 0.305 e. The van der Waals surface area contributed by atoms with Crippen LogP contribution in [0.1, 0.15) is 12.0 Å². The molecule has 116 valence electrons. The minimum atomic E-state index is -0.994. The van der Waals surface area contributed by atoms with Gasteiger partial charge in [-0.15, -0.1) is 0 Å². The summed E-state index contributed by atoms with van der Waals surface area (Å²) in [5.74, 6) is -1.34. The second-order valence-electron chi connectivity index (χ2n) is 4.30. The molecule has 0 unspecified atom stereocenters. The van der Waals surface area contributed by atoms with Crippen molar-refractivity contribution in [1.29, 1.82) is 0 Å². The maximum Gasteiger partial charge on any atom is 0.305 e. The molecule has 0 aromatic heterocycles. The predicted octanol–water partition coefficient (Wildman–Crippen LogP) is 3.59. The number of aromatic hydroxyl groups is 1. The van der Waals surface area contributed by atoms with Crippen LogP contribution in [-0.2, 0) is 9.59 Å². The van der Waals surface area contributed by atoms with Crippen molar-refractivity contribution in [2.45, 2.75) is 6.42 Å². The van der Waals surface area contributed by atoms with E-state index in [1.165, 1.54) is 11.0 Å². The Morgan fingerprint density at radius 1 is 1.41 bits per heavy atom. The normalized spacial score (nSPS) is 16.6. The van der Waals surface area contributed by atoms with Gasteiger partial charge in [0.2, 0.25) is 0 Å². The average molecular weight is 467 g/mol. The van der Waals surface area contributed by atoms with E-state index in [0.717, 1.165) is 16.2 Å². The Labute approximate surface area is 152 Å². The quantitative estimate of drug-likeness (QED) is 0.521. The lowest BCUT2D eigenvalue weighted by atomic mass is 10.2. The highest BCUT2D eigenvalue weighted by Gasteiger charge is 2.32. The van der Waals surface area contributed by atoms with Gasteiger partial charge in [-0.2, -0.15) is 0 Å². The molecule has 0 spiro atoms. The molecular weight excluding hydrogens is 458 g/mol. The number of thiocarbonyl (C=S) groups is 1. The van der Waals surface area contributed by atoms with Gasteiger partial charge in [0.1, 0.15) is 10.1 Å². The Balaban J connectivity index is 2.29. The van der Waals surface area contributed by atoms with Crippen molar-refractivity contribution < 1.29 is 19.8 Å². The Hall–Kier alpha value is -0.900. The van der Waals surface area contributed by atoms with E-state index in [0.29, 0.717) is 19.3 Å². The Morgan fingerprint density at radius 3 is 2.73 bits per heavy atom. The highest BCUT2D eigenvalue weighted by Crippen LogP contribution is 2.37. The molecule has 0 atom stereocenters. The number of carboxylic acids is 1. The van der Waals surface area contributed by atoms with Crippen LogP contribution in [-0.4, -0.2) is 37.9 Å². The van der Waals surface area contributed by atoms with Gasteiger partial charge in [0.05, 0.1) is 15.8 Å². The third-order valence-electron chi connectivity index (χ3n) is 2.77. The first-order valence-electron chi connectivity index (χ1n) is 5.94. The number of benzene rings is 1. The molecule has 5 nitrogen and oxygen atoms in total. The minimum Gasteiger partial charge on any atom is -0.506 e. The van der Waals surface area contributed by atoms with Crippen LogP contribution in [0.25, 0.3) is 6.08 Å². The molecule has 0 bridgehead atoms. The second kappa shape index (κ2) is 7.12. The number of nitrogens with zero attached hydrogens (tertiary/aromatic N) is 1. The van der Waals surface area contributed by atoms with Crippen LogP contribution in [0.2, 0.25) is 0 Å². The van der Waals surface area contributed by atoms with E-state index < -0.39 is 5.97 Å². The number of carboxylic acid groups (broad SMARTS) is 1. The lowest BCUT2D eigenvalue weighted by molar-refractivity contribution is -0.137. The molecule has 0 radical (unpaired) electrons. The minimum absolute atomic E-state index is 0.0130. The van der Waals surface area contributed by atoms with Gasteiger partial charge in [0, 0.05) is 16.6 Å². The number of thioether (sulfide) groups is 1. The van der Waals surface area contributed by atoms with Gasteiger partial charge in [0.25, 0.3) is 5.91 Å². The van der Waals surface area contributed by atoms with Crippen molar-refractivity contribution in [3.05, 3.63) is 31.5 Å². The Morgan fingerprint density at radius 2 is 2.09 bits per heavy atom. The van der Waals surface area contributed by atoms with Crippen molar-refractivity contribution in [2.24, 2.45) is 0 Å². The summed E-state index contributed by atoms with van der Waals surface area (Å²) in [7, 11) is 0. The zero-order valence-corrected chi connectivity index (χ0v) is 15.7. The molecule has 9 heteroatoms. The summed E-state index contributed by atoms with van der Waals surface area (Å²) in [6.45, 7) is 0.0332. The van der Waals surface area contributed by atoms with Crippen LogP contribution in [0.15, 0.2) is 26.0 Å². The number of hydrogen-bond acceptors (Lipinski definition) is 5. The van der Waals surface area contributed by atoms with Crippen molar-refractivity contribution >= 4 is 78.1 Å². The third kappa shape index (κ3) is 3.89. The monoisotopic (exact) mass is 465 g/mol. The number of hydrogen-bond donors (Lipinski definition) is 2. The molecule has 2 rings (SSSR count). The molecule has 0 aliphatic carbocycles. The summed E-state index contributed by atoms with van der Waals surface area (Å²) < 4.78 is 1.55. The molecule has 1 aliphatic heterocycles. The molecule has 1 aromatic carbocycles. The largest absolute Gasteiger partial charge is 0.506 e. The molecule has 0 saturated carbocycles. The Bertz CT molecular complexity index is 706. The molecule has 1 amide bonds. The van der Waals surface area contributed by atoms with Crippen LogP contribution < -0.4 is 0 Å². The van der Waals surface area contributed by atoms with Gasteiger partial charge in [-0.25, -0.2) is 0 Å². The van der Waals surface area contributed by atoms with Crippen LogP contribution in [0, 0.1) is 0 Å². The van der Waals surface area contributed by atoms with E-state index in [2.05, 4.69) is 31.9 Å². The van der Waals surface area contributed by atoms with E-state index in [4.69, 9.17) is 17.3 Å². The van der Waals surface area contributed by atoms with Crippen LogP contribution in [0.3, 0.4) is 0 Å². The lowest BCUT2D eigenvalue weighted by Gasteiger charge is -2.12. The molecule has 1 heterocycles. The fourth-order valence-electron chi connectivity index (χ4n) is 1.74. The van der Waals surface area contributed by atoms with Gasteiger partial charge < -0.3 is 10.2 Å². The highest BCUT2D eigenvalue weighted by atomic mass is 79.9. The molecular formula is C13H9Br2NO4S2. The van der Waals surface area contributed by atoms with Crippen LogP contribution >= 0.6 is 55.8 Å². The number of aliphatic carboxylic acids is 1. The summed E-state index contributed by atoms with van der Waals surface area (Å²) in [5, 5.41) is 18.7. The Kier molecular flexibility index (Phi) is 5.65. The van der Waals surface area contributed by atoms with Crippen LogP contribution in [0.5, 0.6) is 5.75 Å². The number of phenolic OH excluding ortho intramolecular Hbond substituents is 1. The van der Waals surface area contributed by atoms with Gasteiger partial charge in [-0.05, 0) is 34.1 Å². The van der Waals surface area contributed by atoms with Crippen molar-refractivity contribution in [3.63, 3.8) is 0 Å². The second-order valence-corrected chi connectivity index (χ2v) is 7.75. The topological polar surface area (TPSA) is 77.8 Å². The maximum absolute atomic E-state index is 12.3. The third-order valence-corrected chi connectivity index (χ3v) is 5.21. The molecule has 1 fully saturated rings. The summed E-state index contributed by atoms with van der Waals surface area (Å²) in [5.41, 5.74) is 0.458. The number of phenols is 1. The number of rotatable bonds is 4. The fraction of sp³-hybridized carbons (Fsp3) is 0.154. The summed E-state index contributed by atoms with van der Waals surface area (Å²) in [6, 6.07) is 3.36. The first-order chi connectivity index (χ1) is 10.3. The van der Waals surface area contributed by atoms with E-state index in [-0.39, 0.29) is 24.6 Å². The molecule has 2 N–H and O–H groups in total. The van der Waals surface area contributed by atoms with Gasteiger partial charge in [0.15, 0.2) is 0 Å². The van der Waals surface area contributed by atoms with Gasteiger partial charge >= 0.3 is 5.97 Å². The summed E-state index contributed by atoms with van der Waals surface area (Å²) in [6.07, 6.45) is 1.36. The number of amides is 1. The lowest BCUT2D eigenvalue weighted by Crippen LogP contribution is -2.30. The van der Waals surface area contributed by atoms with Crippen molar-refractivity contribution in [3.8, 4) is 5.75 Å². The first kappa shape index (κ1) is 17.5. The van der Waals surface area contributed by atoms with E-state index >= 15 is 0 Å². The molecule has 22 heavy (non-hydrogen) atoms. The summed E-state index contributed by atoms with van der Waals surface area (Å²) in [4.78, 5) is 24.5. The predicted molar refractivity (Wildman–Crippen MR) is 95.6 cm³/mol. The standard InChI is InChI=1S/C13H9Br2NO4S2/c14-7-3-6(11(19)8(15)5-7)4-9-12(20)16(13(21)22-9)2-1-10(17)18/h3-5,19H,1-2H2,(H,17,18)/b9-4-. The maximum atomic E-state index is 12.3. The number of carbonyl (C=O) groups is 2. The summed E-state index contributed by atoms with van der Waals surface area (Å²) >= 11 is 12.7. The van der Waals surface area contributed by atoms with Crippen molar-refractivity contribution in [2.75, 3.05) is 6.54 Å². The fourth-order valence-corrected chi connectivity index (χ4v) is 4.30.